The minimum absolute atomic E-state index is 0.0148. The molecule has 1 aromatic rings. The van der Waals surface area contributed by atoms with Gasteiger partial charge in [-0.2, -0.15) is 0 Å². The van der Waals surface area contributed by atoms with Crippen LogP contribution in [0.15, 0.2) is 54.2 Å². The van der Waals surface area contributed by atoms with Crippen molar-refractivity contribution >= 4 is 15.7 Å². The summed E-state index contributed by atoms with van der Waals surface area (Å²) in [6.07, 6.45) is 13.8. The molecule has 0 fully saturated rings. The van der Waals surface area contributed by atoms with E-state index >= 15 is 0 Å². The first-order chi connectivity index (χ1) is 9.94. The highest BCUT2D eigenvalue weighted by molar-refractivity contribution is 7.92. The molecule has 5 heteroatoms. The molecule has 0 heterocycles. The molecule has 0 radical (unpaired) electrons. The molecule has 0 bridgehead atoms. The number of halogens is 1. The standard InChI is InChI=1S/C16H18FNO2S/c1-21(19,20)18-16-11-10-14(12-15(16)17)9-5-4-8-13-6-2-3-7-13/h2-4,6,8,10-12,18H,5,7,9H2,1H3/b8-4+. The van der Waals surface area contributed by atoms with E-state index in [2.05, 4.69) is 29.0 Å². The summed E-state index contributed by atoms with van der Waals surface area (Å²) in [5, 5.41) is 0. The Balaban J connectivity index is 1.91. The van der Waals surface area contributed by atoms with Crippen LogP contribution < -0.4 is 4.72 Å². The number of rotatable bonds is 6. The van der Waals surface area contributed by atoms with Crippen molar-refractivity contribution in [3.05, 3.63) is 65.5 Å². The van der Waals surface area contributed by atoms with Crippen LogP contribution in [0.2, 0.25) is 0 Å². The van der Waals surface area contributed by atoms with Gasteiger partial charge in [-0.25, -0.2) is 12.8 Å². The third-order valence-electron chi connectivity index (χ3n) is 3.06. The number of hydrogen-bond donors (Lipinski definition) is 1. The molecule has 2 rings (SSSR count). The van der Waals surface area contributed by atoms with E-state index in [9.17, 15) is 12.8 Å². The molecule has 0 amide bonds. The Hall–Kier alpha value is -1.88. The Morgan fingerprint density at radius 3 is 2.81 bits per heavy atom. The first kappa shape index (κ1) is 15.5. The van der Waals surface area contributed by atoms with Crippen LogP contribution in [0.1, 0.15) is 18.4 Å². The molecule has 0 saturated carbocycles. The van der Waals surface area contributed by atoms with Gasteiger partial charge in [0.25, 0.3) is 0 Å². The molecule has 0 saturated heterocycles. The van der Waals surface area contributed by atoms with E-state index in [0.29, 0.717) is 6.42 Å². The zero-order valence-corrected chi connectivity index (χ0v) is 12.7. The fourth-order valence-corrected chi connectivity index (χ4v) is 2.63. The highest BCUT2D eigenvalue weighted by Gasteiger charge is 2.07. The van der Waals surface area contributed by atoms with Crippen molar-refractivity contribution in [1.29, 1.82) is 0 Å². The van der Waals surface area contributed by atoms with Crippen LogP contribution in [0.25, 0.3) is 0 Å². The first-order valence-corrected chi connectivity index (χ1v) is 8.62. The molecule has 0 unspecified atom stereocenters. The summed E-state index contributed by atoms with van der Waals surface area (Å²) in [5.74, 6) is -0.551. The minimum Gasteiger partial charge on any atom is -0.281 e. The van der Waals surface area contributed by atoms with Gasteiger partial charge in [0.1, 0.15) is 5.82 Å². The molecule has 0 aliphatic heterocycles. The smallest absolute Gasteiger partial charge is 0.229 e. The Kier molecular flexibility index (Phi) is 4.96. The Morgan fingerprint density at radius 1 is 1.38 bits per heavy atom. The second-order valence-electron chi connectivity index (χ2n) is 5.00. The fraction of sp³-hybridized carbons (Fsp3) is 0.250. The van der Waals surface area contributed by atoms with Crippen LogP contribution in [-0.4, -0.2) is 14.7 Å². The van der Waals surface area contributed by atoms with Crippen molar-refractivity contribution in [2.75, 3.05) is 11.0 Å². The topological polar surface area (TPSA) is 46.2 Å². The maximum atomic E-state index is 13.8. The number of aryl methyl sites for hydroxylation is 1. The van der Waals surface area contributed by atoms with Crippen LogP contribution >= 0.6 is 0 Å². The van der Waals surface area contributed by atoms with Gasteiger partial charge in [-0.15, -0.1) is 0 Å². The van der Waals surface area contributed by atoms with Gasteiger partial charge in [-0.3, -0.25) is 4.72 Å². The summed E-state index contributed by atoms with van der Waals surface area (Å²) in [7, 11) is -3.46. The number of hydrogen-bond acceptors (Lipinski definition) is 2. The predicted molar refractivity (Wildman–Crippen MR) is 84.2 cm³/mol. The third-order valence-corrected chi connectivity index (χ3v) is 3.65. The highest BCUT2D eigenvalue weighted by atomic mass is 32.2. The number of allylic oxidation sites excluding steroid dienone is 6. The maximum absolute atomic E-state index is 13.8. The van der Waals surface area contributed by atoms with E-state index in [1.807, 2.05) is 6.08 Å². The zero-order valence-electron chi connectivity index (χ0n) is 11.8. The van der Waals surface area contributed by atoms with Crippen molar-refractivity contribution in [3.63, 3.8) is 0 Å². The number of anilines is 1. The van der Waals surface area contributed by atoms with E-state index in [1.54, 1.807) is 6.07 Å². The van der Waals surface area contributed by atoms with Gasteiger partial charge >= 0.3 is 0 Å². The van der Waals surface area contributed by atoms with Gasteiger partial charge in [0.15, 0.2) is 0 Å². The quantitative estimate of drug-likeness (QED) is 0.873. The molecule has 112 valence electrons. The molecule has 0 spiro atoms. The molecule has 1 N–H and O–H groups in total. The van der Waals surface area contributed by atoms with Crippen molar-refractivity contribution in [3.8, 4) is 0 Å². The summed E-state index contributed by atoms with van der Waals surface area (Å²) in [6.45, 7) is 0. The summed E-state index contributed by atoms with van der Waals surface area (Å²) >= 11 is 0. The van der Waals surface area contributed by atoms with Crippen LogP contribution in [0.4, 0.5) is 10.1 Å². The molecule has 21 heavy (non-hydrogen) atoms. The Morgan fingerprint density at radius 2 is 2.19 bits per heavy atom. The highest BCUT2D eigenvalue weighted by Crippen LogP contribution is 2.18. The number of sulfonamides is 1. The molecule has 3 nitrogen and oxygen atoms in total. The zero-order chi connectivity index (χ0) is 15.3. The van der Waals surface area contributed by atoms with Gasteiger partial charge in [0.2, 0.25) is 10.0 Å². The first-order valence-electron chi connectivity index (χ1n) is 6.72. The molecule has 1 aromatic carbocycles. The molecule has 1 aliphatic carbocycles. The predicted octanol–water partition coefficient (Wildman–Crippen LogP) is 3.57. The normalized spacial score (nSPS) is 14.7. The summed E-state index contributed by atoms with van der Waals surface area (Å²) < 4.78 is 38.1. The summed E-state index contributed by atoms with van der Waals surface area (Å²) in [4.78, 5) is 0. The molecule has 0 aromatic heterocycles. The lowest BCUT2D eigenvalue weighted by Gasteiger charge is -2.07. The van der Waals surface area contributed by atoms with Crippen LogP contribution in [0, 0.1) is 5.82 Å². The number of benzene rings is 1. The van der Waals surface area contributed by atoms with Crippen LogP contribution in [0.3, 0.4) is 0 Å². The third kappa shape index (κ3) is 5.19. The van der Waals surface area contributed by atoms with E-state index in [-0.39, 0.29) is 5.69 Å². The molecule has 1 aliphatic rings. The summed E-state index contributed by atoms with van der Waals surface area (Å²) in [6, 6.07) is 4.57. The van der Waals surface area contributed by atoms with E-state index in [4.69, 9.17) is 0 Å². The van der Waals surface area contributed by atoms with Gasteiger partial charge in [-0.1, -0.05) is 36.4 Å². The molecular weight excluding hydrogens is 289 g/mol. The van der Waals surface area contributed by atoms with Crippen LogP contribution in [0.5, 0.6) is 0 Å². The van der Waals surface area contributed by atoms with Gasteiger partial charge < -0.3 is 0 Å². The van der Waals surface area contributed by atoms with Crippen molar-refractivity contribution in [2.24, 2.45) is 0 Å². The lowest BCUT2D eigenvalue weighted by molar-refractivity contribution is 0.603. The molecular formula is C16H18FNO2S. The van der Waals surface area contributed by atoms with Crippen molar-refractivity contribution in [1.82, 2.24) is 0 Å². The number of nitrogens with one attached hydrogen (secondary N) is 1. The minimum atomic E-state index is -3.46. The summed E-state index contributed by atoms with van der Waals surface area (Å²) in [5.41, 5.74) is 2.10. The second kappa shape index (κ2) is 6.72. The van der Waals surface area contributed by atoms with Crippen molar-refractivity contribution in [2.45, 2.75) is 19.3 Å². The maximum Gasteiger partial charge on any atom is 0.229 e. The van der Waals surface area contributed by atoms with Crippen LogP contribution in [-0.2, 0) is 16.4 Å². The SMILES string of the molecule is CS(=O)(=O)Nc1ccc(CC/C=C/C2=CC=CC2)cc1F. The molecule has 0 atom stereocenters. The van der Waals surface area contributed by atoms with Gasteiger partial charge in [0.05, 0.1) is 11.9 Å². The van der Waals surface area contributed by atoms with Gasteiger partial charge in [0, 0.05) is 0 Å². The lowest BCUT2D eigenvalue weighted by atomic mass is 10.1. The Labute approximate surface area is 124 Å². The largest absolute Gasteiger partial charge is 0.281 e. The average Bonchev–Trinajstić information content (AvgIpc) is 2.89. The van der Waals surface area contributed by atoms with E-state index < -0.39 is 15.8 Å². The Bertz CT molecular complexity index is 703. The average molecular weight is 307 g/mol. The van der Waals surface area contributed by atoms with E-state index in [1.165, 1.54) is 17.7 Å². The monoisotopic (exact) mass is 307 g/mol. The van der Waals surface area contributed by atoms with Gasteiger partial charge in [-0.05, 0) is 42.5 Å². The van der Waals surface area contributed by atoms with Crippen molar-refractivity contribution < 1.29 is 12.8 Å². The fourth-order valence-electron chi connectivity index (χ4n) is 2.07. The lowest BCUT2D eigenvalue weighted by Crippen LogP contribution is -2.10. The van der Waals surface area contributed by atoms with E-state index in [0.717, 1.165) is 24.7 Å². The second-order valence-corrected chi connectivity index (χ2v) is 6.75.